The SMILES string of the molecule is CCn1cc(CNC(=O)c2ccnc(N3CCCC3)n2)cn1. The van der Waals surface area contributed by atoms with Gasteiger partial charge in [0.25, 0.3) is 5.91 Å². The van der Waals surface area contributed by atoms with Gasteiger partial charge in [-0.2, -0.15) is 5.10 Å². The van der Waals surface area contributed by atoms with E-state index >= 15 is 0 Å². The van der Waals surface area contributed by atoms with Crippen LogP contribution in [0.2, 0.25) is 0 Å². The zero-order chi connectivity index (χ0) is 15.4. The third-order valence-corrected chi connectivity index (χ3v) is 3.73. The van der Waals surface area contributed by atoms with E-state index in [2.05, 4.69) is 25.3 Å². The largest absolute Gasteiger partial charge is 0.347 e. The van der Waals surface area contributed by atoms with E-state index in [1.807, 2.05) is 17.8 Å². The van der Waals surface area contributed by atoms with E-state index in [9.17, 15) is 4.79 Å². The van der Waals surface area contributed by atoms with Gasteiger partial charge in [0.05, 0.1) is 6.20 Å². The molecule has 1 amide bonds. The topological polar surface area (TPSA) is 75.9 Å². The molecule has 1 saturated heterocycles. The van der Waals surface area contributed by atoms with Gasteiger partial charge in [0.1, 0.15) is 5.69 Å². The average molecular weight is 300 g/mol. The molecule has 0 radical (unpaired) electrons. The molecule has 1 fully saturated rings. The second-order valence-electron chi connectivity index (χ2n) is 5.32. The van der Waals surface area contributed by atoms with E-state index < -0.39 is 0 Å². The Bertz CT molecular complexity index is 647. The monoisotopic (exact) mass is 300 g/mol. The second kappa shape index (κ2) is 6.55. The van der Waals surface area contributed by atoms with E-state index in [1.54, 1.807) is 18.5 Å². The van der Waals surface area contributed by atoms with Crippen molar-refractivity contribution in [1.82, 2.24) is 25.1 Å². The number of nitrogens with zero attached hydrogens (tertiary/aromatic N) is 5. The zero-order valence-electron chi connectivity index (χ0n) is 12.7. The molecule has 1 aliphatic rings. The van der Waals surface area contributed by atoms with Crippen LogP contribution < -0.4 is 10.2 Å². The van der Waals surface area contributed by atoms with Crippen LogP contribution in [-0.2, 0) is 13.1 Å². The van der Waals surface area contributed by atoms with Crippen molar-refractivity contribution in [2.24, 2.45) is 0 Å². The van der Waals surface area contributed by atoms with E-state index in [1.165, 1.54) is 0 Å². The summed E-state index contributed by atoms with van der Waals surface area (Å²) in [7, 11) is 0. The van der Waals surface area contributed by atoms with Crippen LogP contribution in [0.25, 0.3) is 0 Å². The lowest BCUT2D eigenvalue weighted by molar-refractivity contribution is 0.0946. The highest BCUT2D eigenvalue weighted by Gasteiger charge is 2.16. The fourth-order valence-corrected chi connectivity index (χ4v) is 2.49. The number of anilines is 1. The Hall–Kier alpha value is -2.44. The van der Waals surface area contributed by atoms with Crippen molar-refractivity contribution < 1.29 is 4.79 Å². The number of rotatable bonds is 5. The van der Waals surface area contributed by atoms with Crippen molar-refractivity contribution in [3.05, 3.63) is 35.9 Å². The summed E-state index contributed by atoms with van der Waals surface area (Å²) in [4.78, 5) is 23.0. The Kier molecular flexibility index (Phi) is 4.32. The minimum atomic E-state index is -0.188. The first-order chi connectivity index (χ1) is 10.8. The minimum absolute atomic E-state index is 0.188. The third kappa shape index (κ3) is 3.24. The van der Waals surface area contributed by atoms with E-state index in [-0.39, 0.29) is 5.91 Å². The van der Waals surface area contributed by atoms with Crippen LogP contribution >= 0.6 is 0 Å². The maximum atomic E-state index is 12.2. The maximum absolute atomic E-state index is 12.2. The molecule has 0 saturated carbocycles. The molecule has 0 aromatic carbocycles. The van der Waals surface area contributed by atoms with Crippen molar-refractivity contribution in [2.75, 3.05) is 18.0 Å². The number of aromatic nitrogens is 4. The molecule has 1 aliphatic heterocycles. The highest BCUT2D eigenvalue weighted by molar-refractivity contribution is 5.92. The Morgan fingerprint density at radius 1 is 1.36 bits per heavy atom. The van der Waals surface area contributed by atoms with Gasteiger partial charge in [-0.25, -0.2) is 9.97 Å². The maximum Gasteiger partial charge on any atom is 0.270 e. The van der Waals surface area contributed by atoms with Crippen LogP contribution in [-0.4, -0.2) is 38.7 Å². The van der Waals surface area contributed by atoms with E-state index in [4.69, 9.17) is 0 Å². The summed E-state index contributed by atoms with van der Waals surface area (Å²) >= 11 is 0. The summed E-state index contributed by atoms with van der Waals surface area (Å²) in [5.41, 5.74) is 1.38. The molecule has 7 nitrogen and oxygen atoms in total. The molecule has 3 heterocycles. The fourth-order valence-electron chi connectivity index (χ4n) is 2.49. The minimum Gasteiger partial charge on any atom is -0.347 e. The molecule has 3 rings (SSSR count). The summed E-state index contributed by atoms with van der Waals surface area (Å²) in [5.74, 6) is 0.455. The molecule has 0 spiro atoms. The van der Waals surface area contributed by atoms with Crippen molar-refractivity contribution >= 4 is 11.9 Å². The van der Waals surface area contributed by atoms with E-state index in [0.29, 0.717) is 18.2 Å². The van der Waals surface area contributed by atoms with Gasteiger partial charge in [-0.15, -0.1) is 0 Å². The van der Waals surface area contributed by atoms with Crippen LogP contribution in [0.3, 0.4) is 0 Å². The standard InChI is InChI=1S/C15H20N6O/c1-2-21-11-12(10-18-21)9-17-14(22)13-5-6-16-15(19-13)20-7-3-4-8-20/h5-6,10-11H,2-4,7-9H2,1H3,(H,17,22). The molecule has 1 N–H and O–H groups in total. The highest BCUT2D eigenvalue weighted by Crippen LogP contribution is 2.15. The molecule has 116 valence electrons. The molecule has 2 aromatic rings. The van der Waals surface area contributed by atoms with Gasteiger partial charge in [-0.1, -0.05) is 0 Å². The summed E-state index contributed by atoms with van der Waals surface area (Å²) in [6, 6.07) is 1.64. The zero-order valence-corrected chi connectivity index (χ0v) is 12.7. The third-order valence-electron chi connectivity index (χ3n) is 3.73. The molecule has 0 atom stereocenters. The molecule has 22 heavy (non-hydrogen) atoms. The Balaban J connectivity index is 1.63. The van der Waals surface area contributed by atoms with Crippen LogP contribution in [0.1, 0.15) is 35.8 Å². The lowest BCUT2D eigenvalue weighted by atomic mass is 10.3. The number of aryl methyl sites for hydroxylation is 1. The van der Waals surface area contributed by atoms with Gasteiger partial charge in [-0.3, -0.25) is 9.48 Å². The van der Waals surface area contributed by atoms with Gasteiger partial charge in [0.15, 0.2) is 0 Å². The van der Waals surface area contributed by atoms with Crippen LogP contribution in [0.4, 0.5) is 5.95 Å². The number of amides is 1. The lowest BCUT2D eigenvalue weighted by Crippen LogP contribution is -2.26. The normalized spacial score (nSPS) is 14.3. The first-order valence-corrected chi connectivity index (χ1v) is 7.64. The summed E-state index contributed by atoms with van der Waals surface area (Å²) in [6.07, 6.45) is 7.64. The van der Waals surface area contributed by atoms with Crippen molar-refractivity contribution in [2.45, 2.75) is 32.9 Å². The smallest absolute Gasteiger partial charge is 0.270 e. The highest BCUT2D eigenvalue weighted by atomic mass is 16.1. The number of hydrogen-bond donors (Lipinski definition) is 1. The Morgan fingerprint density at radius 3 is 2.91 bits per heavy atom. The van der Waals surface area contributed by atoms with E-state index in [0.717, 1.165) is 38.0 Å². The first kappa shape index (κ1) is 14.5. The van der Waals surface area contributed by atoms with Gasteiger partial charge >= 0.3 is 0 Å². The molecular formula is C15H20N6O. The molecular weight excluding hydrogens is 280 g/mol. The molecule has 0 unspecified atom stereocenters. The molecule has 7 heteroatoms. The van der Waals surface area contributed by atoms with Crippen LogP contribution in [0.5, 0.6) is 0 Å². The number of carbonyl (C=O) groups is 1. The summed E-state index contributed by atoms with van der Waals surface area (Å²) < 4.78 is 1.83. The number of hydrogen-bond acceptors (Lipinski definition) is 5. The molecule has 0 aliphatic carbocycles. The number of nitrogens with one attached hydrogen (secondary N) is 1. The number of carbonyl (C=O) groups excluding carboxylic acids is 1. The first-order valence-electron chi connectivity index (χ1n) is 7.64. The lowest BCUT2D eigenvalue weighted by Gasteiger charge is -2.15. The van der Waals surface area contributed by atoms with Crippen LogP contribution in [0, 0.1) is 0 Å². The van der Waals surface area contributed by atoms with Gasteiger partial charge in [0, 0.05) is 44.1 Å². The predicted octanol–water partition coefficient (Wildman–Crippen LogP) is 1.22. The molecule has 2 aromatic heterocycles. The molecule has 0 bridgehead atoms. The summed E-state index contributed by atoms with van der Waals surface area (Å²) in [6.45, 7) is 5.21. The van der Waals surface area contributed by atoms with Gasteiger partial charge in [0.2, 0.25) is 5.95 Å². The quantitative estimate of drug-likeness (QED) is 0.898. The average Bonchev–Trinajstić information content (AvgIpc) is 3.24. The summed E-state index contributed by atoms with van der Waals surface area (Å²) in [5, 5.41) is 7.05. The Labute approximate surface area is 129 Å². The Morgan fingerprint density at radius 2 is 2.18 bits per heavy atom. The second-order valence-corrected chi connectivity index (χ2v) is 5.32. The van der Waals surface area contributed by atoms with Crippen molar-refractivity contribution in [3.63, 3.8) is 0 Å². The van der Waals surface area contributed by atoms with Crippen molar-refractivity contribution in [1.29, 1.82) is 0 Å². The fraction of sp³-hybridized carbons (Fsp3) is 0.467. The van der Waals surface area contributed by atoms with Crippen LogP contribution in [0.15, 0.2) is 24.7 Å². The van der Waals surface area contributed by atoms with Crippen molar-refractivity contribution in [3.8, 4) is 0 Å². The van der Waals surface area contributed by atoms with Gasteiger partial charge in [-0.05, 0) is 25.8 Å². The predicted molar refractivity (Wildman–Crippen MR) is 82.6 cm³/mol. The van der Waals surface area contributed by atoms with Gasteiger partial charge < -0.3 is 10.2 Å².